The zero-order chi connectivity index (χ0) is 22.5. The largest absolute Gasteiger partial charge is 0.491 e. The molecule has 2 aliphatic rings. The van der Waals surface area contributed by atoms with Gasteiger partial charge in [0.15, 0.2) is 0 Å². The van der Waals surface area contributed by atoms with Gasteiger partial charge < -0.3 is 9.64 Å². The summed E-state index contributed by atoms with van der Waals surface area (Å²) in [7, 11) is 0. The van der Waals surface area contributed by atoms with Crippen LogP contribution in [-0.2, 0) is 9.59 Å². The smallest absolute Gasteiger partial charge is 0.277 e. The third kappa shape index (κ3) is 5.50. The van der Waals surface area contributed by atoms with E-state index in [1.54, 1.807) is 0 Å². The first kappa shape index (κ1) is 23.4. The number of hydrogen-bond donors (Lipinski definition) is 0. The highest BCUT2D eigenvalue weighted by Gasteiger charge is 2.42. The van der Waals surface area contributed by atoms with Crippen molar-refractivity contribution in [3.63, 3.8) is 0 Å². The first-order valence-electron chi connectivity index (χ1n) is 11.9. The van der Waals surface area contributed by atoms with Gasteiger partial charge in [-0.1, -0.05) is 52.2 Å². The van der Waals surface area contributed by atoms with Gasteiger partial charge in [-0.2, -0.15) is 0 Å². The number of carbonyl (C=O) groups excluding carboxylic acids is 2. The van der Waals surface area contributed by atoms with Crippen molar-refractivity contribution in [3.8, 4) is 5.75 Å². The number of benzene rings is 1. The molecule has 5 heteroatoms. The molecule has 0 radical (unpaired) electrons. The zero-order valence-corrected chi connectivity index (χ0v) is 19.8. The Morgan fingerprint density at radius 2 is 1.61 bits per heavy atom. The van der Waals surface area contributed by atoms with Gasteiger partial charge in [0.25, 0.3) is 11.8 Å². The van der Waals surface area contributed by atoms with Crippen molar-refractivity contribution >= 4 is 17.4 Å². The molecule has 0 aliphatic carbocycles. The van der Waals surface area contributed by atoms with Gasteiger partial charge in [-0.05, 0) is 56.2 Å². The van der Waals surface area contributed by atoms with Gasteiger partial charge in [-0.15, -0.1) is 0 Å². The first-order chi connectivity index (χ1) is 14.8. The fraction of sp³-hybridized carbons (Fsp3) is 0.615. The summed E-state index contributed by atoms with van der Waals surface area (Å²) in [6, 6.07) is 7.61. The number of likely N-dealkylation sites (tertiary alicyclic amines) is 1. The number of piperidine rings is 1. The summed E-state index contributed by atoms with van der Waals surface area (Å²) < 4.78 is 5.76. The molecule has 0 bridgehead atoms. The summed E-state index contributed by atoms with van der Waals surface area (Å²) >= 11 is 0. The van der Waals surface area contributed by atoms with Crippen LogP contribution in [0, 0.1) is 11.8 Å². The van der Waals surface area contributed by atoms with Crippen molar-refractivity contribution in [2.24, 2.45) is 11.8 Å². The van der Waals surface area contributed by atoms with Crippen LogP contribution in [0.15, 0.2) is 30.0 Å². The number of ether oxygens (including phenoxy) is 1. The van der Waals surface area contributed by atoms with Gasteiger partial charge in [-0.25, -0.2) is 0 Å². The fourth-order valence-electron chi connectivity index (χ4n) is 4.83. The summed E-state index contributed by atoms with van der Waals surface area (Å²) in [5.74, 6) is 1.50. The second-order valence-corrected chi connectivity index (χ2v) is 9.59. The van der Waals surface area contributed by atoms with Gasteiger partial charge in [0, 0.05) is 19.6 Å². The van der Waals surface area contributed by atoms with E-state index >= 15 is 0 Å². The third-order valence-electron chi connectivity index (χ3n) is 6.08. The van der Waals surface area contributed by atoms with Crippen molar-refractivity contribution in [2.45, 2.75) is 72.8 Å². The van der Waals surface area contributed by atoms with Crippen LogP contribution in [0.2, 0.25) is 0 Å². The van der Waals surface area contributed by atoms with Crippen LogP contribution in [0.1, 0.15) is 72.3 Å². The van der Waals surface area contributed by atoms with E-state index in [-0.39, 0.29) is 17.9 Å². The molecule has 0 aromatic heterocycles. The number of amides is 2. The maximum atomic E-state index is 13.5. The standard InChI is InChI=1S/C26H38N2O3/c1-6-7-8-9-14-28-25(29)23(21-10-12-22(13-11-21)31-18(2)3)24(26(28)30)27-16-19(4)15-20(5)17-27/h10-13,18-20H,6-9,14-17H2,1-5H3. The molecular formula is C26H38N2O3. The van der Waals surface area contributed by atoms with Gasteiger partial charge >= 0.3 is 0 Å². The van der Waals surface area contributed by atoms with E-state index in [1.807, 2.05) is 38.1 Å². The Morgan fingerprint density at radius 3 is 2.19 bits per heavy atom. The van der Waals surface area contributed by atoms with Crippen molar-refractivity contribution in [2.75, 3.05) is 19.6 Å². The number of unbranched alkanes of at least 4 members (excludes halogenated alkanes) is 3. The quantitative estimate of drug-likeness (QED) is 0.407. The third-order valence-corrected chi connectivity index (χ3v) is 6.08. The predicted molar refractivity (Wildman–Crippen MR) is 125 cm³/mol. The molecule has 1 aromatic carbocycles. The topological polar surface area (TPSA) is 49.9 Å². The molecule has 0 spiro atoms. The number of rotatable bonds is 9. The Balaban J connectivity index is 1.93. The normalized spacial score (nSPS) is 22.1. The Kier molecular flexibility index (Phi) is 7.79. The minimum Gasteiger partial charge on any atom is -0.491 e. The highest BCUT2D eigenvalue weighted by atomic mass is 16.5. The molecule has 2 amide bonds. The van der Waals surface area contributed by atoms with Gasteiger partial charge in [0.2, 0.25) is 0 Å². The molecule has 2 aliphatic heterocycles. The Hall–Kier alpha value is -2.30. The lowest BCUT2D eigenvalue weighted by Crippen LogP contribution is -2.42. The molecule has 3 rings (SSSR count). The minimum atomic E-state index is -0.153. The maximum Gasteiger partial charge on any atom is 0.277 e. The number of carbonyl (C=O) groups is 2. The lowest BCUT2D eigenvalue weighted by molar-refractivity contribution is -0.137. The SMILES string of the molecule is CCCCCCN1C(=O)C(c2ccc(OC(C)C)cc2)=C(N2CC(C)CC(C)C2)C1=O. The van der Waals surface area contributed by atoms with E-state index in [4.69, 9.17) is 4.74 Å². The predicted octanol–water partition coefficient (Wildman–Crippen LogP) is 5.11. The van der Waals surface area contributed by atoms with E-state index in [1.165, 1.54) is 4.90 Å². The fourth-order valence-corrected chi connectivity index (χ4v) is 4.83. The van der Waals surface area contributed by atoms with E-state index < -0.39 is 0 Å². The van der Waals surface area contributed by atoms with Crippen molar-refractivity contribution in [1.29, 1.82) is 0 Å². The Morgan fingerprint density at radius 1 is 0.968 bits per heavy atom. The van der Waals surface area contributed by atoms with Crippen LogP contribution in [0.5, 0.6) is 5.75 Å². The molecule has 1 aromatic rings. The Bertz CT molecular complexity index is 802. The van der Waals surface area contributed by atoms with E-state index in [9.17, 15) is 9.59 Å². The summed E-state index contributed by atoms with van der Waals surface area (Å²) in [6.07, 6.45) is 5.40. The molecule has 31 heavy (non-hydrogen) atoms. The van der Waals surface area contributed by atoms with E-state index in [0.717, 1.165) is 56.5 Å². The maximum absolute atomic E-state index is 13.5. The van der Waals surface area contributed by atoms with Crippen LogP contribution in [-0.4, -0.2) is 47.4 Å². The lowest BCUT2D eigenvalue weighted by Gasteiger charge is -2.37. The van der Waals surface area contributed by atoms with Crippen LogP contribution in [0.4, 0.5) is 0 Å². The molecule has 1 saturated heterocycles. The molecule has 1 fully saturated rings. The van der Waals surface area contributed by atoms with Gasteiger partial charge in [0.05, 0.1) is 11.7 Å². The highest BCUT2D eigenvalue weighted by Crippen LogP contribution is 2.35. The van der Waals surface area contributed by atoms with Crippen LogP contribution >= 0.6 is 0 Å². The summed E-state index contributed by atoms with van der Waals surface area (Å²) in [4.78, 5) is 30.6. The molecule has 2 atom stereocenters. The monoisotopic (exact) mass is 426 g/mol. The van der Waals surface area contributed by atoms with Crippen molar-refractivity contribution in [1.82, 2.24) is 9.80 Å². The average Bonchev–Trinajstić information content (AvgIpc) is 2.95. The Labute approximate surface area is 187 Å². The second kappa shape index (κ2) is 10.3. The lowest BCUT2D eigenvalue weighted by atomic mass is 9.91. The van der Waals surface area contributed by atoms with Gasteiger partial charge in [0.1, 0.15) is 11.4 Å². The minimum absolute atomic E-state index is 0.0882. The van der Waals surface area contributed by atoms with E-state index in [0.29, 0.717) is 29.7 Å². The van der Waals surface area contributed by atoms with Crippen LogP contribution in [0.3, 0.4) is 0 Å². The summed E-state index contributed by atoms with van der Waals surface area (Å²) in [5.41, 5.74) is 1.95. The second-order valence-electron chi connectivity index (χ2n) is 9.59. The van der Waals surface area contributed by atoms with Crippen LogP contribution < -0.4 is 4.74 Å². The molecule has 170 valence electrons. The molecular weight excluding hydrogens is 388 g/mol. The first-order valence-corrected chi connectivity index (χ1v) is 11.9. The zero-order valence-electron chi connectivity index (χ0n) is 19.8. The molecule has 2 heterocycles. The molecule has 5 nitrogen and oxygen atoms in total. The number of hydrogen-bond acceptors (Lipinski definition) is 4. The van der Waals surface area contributed by atoms with Crippen molar-refractivity contribution in [3.05, 3.63) is 35.5 Å². The molecule has 0 saturated carbocycles. The van der Waals surface area contributed by atoms with Crippen molar-refractivity contribution < 1.29 is 14.3 Å². The average molecular weight is 427 g/mol. The highest BCUT2D eigenvalue weighted by molar-refractivity contribution is 6.35. The van der Waals surface area contributed by atoms with Gasteiger partial charge in [-0.3, -0.25) is 14.5 Å². The molecule has 2 unspecified atom stereocenters. The van der Waals surface area contributed by atoms with Crippen LogP contribution in [0.25, 0.3) is 5.57 Å². The van der Waals surface area contributed by atoms with E-state index in [2.05, 4.69) is 25.7 Å². The number of nitrogens with zero attached hydrogens (tertiary/aromatic N) is 2. The summed E-state index contributed by atoms with van der Waals surface area (Å²) in [6.45, 7) is 12.7. The summed E-state index contributed by atoms with van der Waals surface area (Å²) in [5, 5.41) is 0. The number of imide groups is 1. The molecule has 0 N–H and O–H groups in total.